The maximum Gasteiger partial charge on any atom is 0.328 e. The molecule has 0 saturated heterocycles. The standard InChI is InChI=1S/C29H33BrN4O3/c1-4-37-28(36)22(32-24-23(30)25(35)29(24)14-6-5-7-15-29)17-19-10-12-20(13-11-19)34-26(18(2)3)33-21-9-8-16-31-27(21)34/h8-13,16,18,22,32H,4-7,14-15,17H2,1-3H3/t22-/m0/s1. The number of fused-ring (bicyclic) bond motifs is 1. The zero-order chi connectivity index (χ0) is 26.2. The fourth-order valence-corrected chi connectivity index (χ4v) is 6.49. The summed E-state index contributed by atoms with van der Waals surface area (Å²) in [4.78, 5) is 35.2. The lowest BCUT2D eigenvalue weighted by molar-refractivity contribution is -0.146. The number of rotatable bonds is 8. The van der Waals surface area contributed by atoms with Crippen LogP contribution >= 0.6 is 15.9 Å². The van der Waals surface area contributed by atoms with Crippen molar-refractivity contribution in [2.45, 2.75) is 71.3 Å². The third-order valence-corrected chi connectivity index (χ3v) is 8.28. The smallest absolute Gasteiger partial charge is 0.328 e. The first kappa shape index (κ1) is 25.6. The minimum absolute atomic E-state index is 0.156. The number of aromatic nitrogens is 3. The second-order valence-corrected chi connectivity index (χ2v) is 11.1. The van der Waals surface area contributed by atoms with Gasteiger partial charge in [-0.1, -0.05) is 45.2 Å². The van der Waals surface area contributed by atoms with E-state index in [1.807, 2.05) is 43.3 Å². The minimum atomic E-state index is -0.581. The summed E-state index contributed by atoms with van der Waals surface area (Å²) in [6.45, 7) is 6.36. The van der Waals surface area contributed by atoms with Gasteiger partial charge in [0.25, 0.3) is 0 Å². The Labute approximate surface area is 225 Å². The van der Waals surface area contributed by atoms with Crippen molar-refractivity contribution in [2.24, 2.45) is 5.41 Å². The summed E-state index contributed by atoms with van der Waals surface area (Å²) >= 11 is 3.48. The van der Waals surface area contributed by atoms with Gasteiger partial charge in [-0.15, -0.1) is 0 Å². The zero-order valence-electron chi connectivity index (χ0n) is 21.6. The van der Waals surface area contributed by atoms with Gasteiger partial charge in [0.2, 0.25) is 0 Å². The van der Waals surface area contributed by atoms with E-state index in [4.69, 9.17) is 9.72 Å². The molecule has 8 heteroatoms. The molecule has 194 valence electrons. The van der Waals surface area contributed by atoms with E-state index in [2.05, 4.69) is 44.6 Å². The first-order valence-electron chi connectivity index (χ1n) is 13.2. The number of allylic oxidation sites excluding steroid dienone is 2. The number of carbonyl (C=O) groups excluding carboxylic acids is 2. The Balaban J connectivity index is 1.41. The average molecular weight is 566 g/mol. The number of hydrogen-bond acceptors (Lipinski definition) is 6. The SMILES string of the molecule is CCOC(=O)[C@H](Cc1ccc(-n2c(C(C)C)nc3cccnc32)cc1)NC1=C(Br)C(=O)C12CCCCC2. The van der Waals surface area contributed by atoms with E-state index in [1.54, 1.807) is 6.20 Å². The van der Waals surface area contributed by atoms with Crippen molar-refractivity contribution in [3.8, 4) is 5.69 Å². The molecule has 1 aromatic carbocycles. The van der Waals surface area contributed by atoms with Crippen LogP contribution in [0.2, 0.25) is 0 Å². The van der Waals surface area contributed by atoms with Crippen LogP contribution in [0.25, 0.3) is 16.9 Å². The van der Waals surface area contributed by atoms with Crippen LogP contribution in [0.15, 0.2) is 52.8 Å². The van der Waals surface area contributed by atoms with Gasteiger partial charge in [-0.2, -0.15) is 0 Å². The molecule has 1 saturated carbocycles. The number of imidazole rings is 1. The lowest BCUT2D eigenvalue weighted by Gasteiger charge is -2.46. The molecular weight excluding hydrogens is 532 g/mol. The Hall–Kier alpha value is -3.00. The molecule has 0 amide bonds. The number of carbonyl (C=O) groups is 2. The largest absolute Gasteiger partial charge is 0.464 e. The third kappa shape index (κ3) is 4.60. The van der Waals surface area contributed by atoms with E-state index in [0.29, 0.717) is 17.5 Å². The topological polar surface area (TPSA) is 86.1 Å². The van der Waals surface area contributed by atoms with Crippen molar-refractivity contribution in [1.29, 1.82) is 0 Å². The van der Waals surface area contributed by atoms with Gasteiger partial charge in [0.05, 0.1) is 16.5 Å². The highest BCUT2D eigenvalue weighted by Gasteiger charge is 2.53. The molecule has 0 unspecified atom stereocenters. The van der Waals surface area contributed by atoms with Crippen LogP contribution in [-0.4, -0.2) is 38.9 Å². The zero-order valence-corrected chi connectivity index (χ0v) is 23.2. The van der Waals surface area contributed by atoms with Gasteiger partial charge >= 0.3 is 5.97 Å². The molecule has 7 nitrogen and oxygen atoms in total. The van der Waals surface area contributed by atoms with Gasteiger partial charge < -0.3 is 10.1 Å². The normalized spacial score (nSPS) is 17.8. The highest BCUT2D eigenvalue weighted by atomic mass is 79.9. The van der Waals surface area contributed by atoms with Crippen LogP contribution in [0.5, 0.6) is 0 Å². The monoisotopic (exact) mass is 564 g/mol. The summed E-state index contributed by atoms with van der Waals surface area (Å²) in [5.41, 5.74) is 4.06. The summed E-state index contributed by atoms with van der Waals surface area (Å²) < 4.78 is 8.08. The number of esters is 1. The van der Waals surface area contributed by atoms with E-state index < -0.39 is 11.5 Å². The molecule has 5 rings (SSSR count). The molecule has 0 bridgehead atoms. The van der Waals surface area contributed by atoms with Crippen LogP contribution < -0.4 is 5.32 Å². The van der Waals surface area contributed by atoms with Crippen molar-refractivity contribution < 1.29 is 14.3 Å². The van der Waals surface area contributed by atoms with Gasteiger partial charge in [0.15, 0.2) is 11.4 Å². The Kier molecular flexibility index (Phi) is 7.21. The summed E-state index contributed by atoms with van der Waals surface area (Å²) in [6, 6.07) is 11.5. The lowest BCUT2D eigenvalue weighted by atomic mass is 9.62. The van der Waals surface area contributed by atoms with Gasteiger partial charge in [-0.05, 0) is 65.5 Å². The Morgan fingerprint density at radius 2 is 1.89 bits per heavy atom. The highest BCUT2D eigenvalue weighted by Crippen LogP contribution is 2.53. The molecule has 1 N–H and O–H groups in total. The van der Waals surface area contributed by atoms with Crippen LogP contribution in [-0.2, 0) is 20.7 Å². The van der Waals surface area contributed by atoms with Gasteiger partial charge in [-0.3, -0.25) is 9.36 Å². The quantitative estimate of drug-likeness (QED) is 0.351. The molecule has 3 aromatic rings. The van der Waals surface area contributed by atoms with Crippen molar-refractivity contribution in [3.63, 3.8) is 0 Å². The summed E-state index contributed by atoms with van der Waals surface area (Å²) in [7, 11) is 0. The number of ether oxygens (including phenoxy) is 1. The van der Waals surface area contributed by atoms with Crippen LogP contribution in [0.1, 0.15) is 70.2 Å². The molecule has 2 heterocycles. The van der Waals surface area contributed by atoms with Crippen molar-refractivity contribution in [1.82, 2.24) is 19.9 Å². The minimum Gasteiger partial charge on any atom is -0.464 e. The number of ketones is 1. The molecule has 2 aromatic heterocycles. The number of hydrogen-bond donors (Lipinski definition) is 1. The summed E-state index contributed by atoms with van der Waals surface area (Å²) in [6.07, 6.45) is 7.10. The second-order valence-electron chi connectivity index (χ2n) is 10.3. The predicted octanol–water partition coefficient (Wildman–Crippen LogP) is 5.75. The maximum atomic E-state index is 13.0. The highest BCUT2D eigenvalue weighted by molar-refractivity contribution is 9.12. The maximum absolute atomic E-state index is 13.0. The Morgan fingerprint density at radius 1 is 1.16 bits per heavy atom. The van der Waals surface area contributed by atoms with Gasteiger partial charge in [-0.25, -0.2) is 14.8 Å². The molecule has 2 aliphatic rings. The van der Waals surface area contributed by atoms with Crippen molar-refractivity contribution in [3.05, 3.63) is 64.2 Å². The molecule has 1 atom stereocenters. The number of benzene rings is 1. The van der Waals surface area contributed by atoms with Crippen LogP contribution in [0, 0.1) is 5.41 Å². The predicted molar refractivity (Wildman–Crippen MR) is 147 cm³/mol. The summed E-state index contributed by atoms with van der Waals surface area (Å²) in [5, 5.41) is 3.43. The first-order valence-corrected chi connectivity index (χ1v) is 14.0. The molecule has 1 spiro atoms. The molecular formula is C29H33BrN4O3. The number of nitrogens with zero attached hydrogens (tertiary/aromatic N) is 3. The van der Waals surface area contributed by atoms with Crippen molar-refractivity contribution in [2.75, 3.05) is 6.61 Å². The third-order valence-electron chi connectivity index (χ3n) is 7.52. The Morgan fingerprint density at radius 3 is 2.57 bits per heavy atom. The van der Waals surface area contributed by atoms with E-state index in [9.17, 15) is 9.59 Å². The van der Waals surface area contributed by atoms with E-state index in [0.717, 1.165) is 66.0 Å². The molecule has 0 aliphatic heterocycles. The van der Waals surface area contributed by atoms with Crippen LogP contribution in [0.4, 0.5) is 0 Å². The van der Waals surface area contributed by atoms with E-state index in [1.165, 1.54) is 0 Å². The van der Waals surface area contributed by atoms with E-state index >= 15 is 0 Å². The van der Waals surface area contributed by atoms with E-state index in [-0.39, 0.29) is 17.7 Å². The second kappa shape index (κ2) is 10.4. The number of Topliss-reactive ketones (excluding diaryl/α,β-unsaturated/α-hetero) is 1. The first-order chi connectivity index (χ1) is 17.9. The number of halogens is 1. The van der Waals surface area contributed by atoms with Gasteiger partial charge in [0.1, 0.15) is 17.4 Å². The lowest BCUT2D eigenvalue weighted by Crippen LogP contribution is -2.53. The molecule has 2 aliphatic carbocycles. The number of nitrogens with one attached hydrogen (secondary N) is 1. The Bertz CT molecular complexity index is 1350. The fraction of sp³-hybridized carbons (Fsp3) is 0.448. The molecule has 1 fully saturated rings. The van der Waals surface area contributed by atoms with Crippen LogP contribution in [0.3, 0.4) is 0 Å². The molecule has 0 radical (unpaired) electrons. The van der Waals surface area contributed by atoms with Gasteiger partial charge in [0, 0.05) is 29.9 Å². The average Bonchev–Trinajstić information content (AvgIpc) is 3.31. The molecule has 37 heavy (non-hydrogen) atoms. The van der Waals surface area contributed by atoms with Crippen molar-refractivity contribution >= 4 is 38.8 Å². The number of pyridine rings is 1. The fourth-order valence-electron chi connectivity index (χ4n) is 5.62. The summed E-state index contributed by atoms with van der Waals surface area (Å²) in [5.74, 6) is 1.03.